The smallest absolute Gasteiger partial charge is 0.305 e. The van der Waals surface area contributed by atoms with Crippen LogP contribution in [0.5, 0.6) is 0 Å². The summed E-state index contributed by atoms with van der Waals surface area (Å²) in [6.07, 6.45) is 24.8. The van der Waals surface area contributed by atoms with Crippen molar-refractivity contribution < 1.29 is 17.6 Å². The first-order valence-corrected chi connectivity index (χ1v) is 46.9. The van der Waals surface area contributed by atoms with Crippen LogP contribution in [0, 0.1) is 82.0 Å². The van der Waals surface area contributed by atoms with Gasteiger partial charge in [0.15, 0.2) is 11.5 Å². The second-order valence-corrected chi connectivity index (χ2v) is 36.2. The van der Waals surface area contributed by atoms with Gasteiger partial charge in [-0.25, -0.2) is 58.6 Å². The van der Waals surface area contributed by atoms with Crippen LogP contribution in [0.25, 0.3) is 40.4 Å². The molecule has 720 valence electrons. The highest BCUT2D eigenvalue weighted by molar-refractivity contribution is 5.67. The van der Waals surface area contributed by atoms with Crippen molar-refractivity contribution in [1.82, 2.24) is 121 Å². The van der Waals surface area contributed by atoms with E-state index in [4.69, 9.17) is 0 Å². The molecular formula is C106H108F4N32. The average molecular weight is 1910 g/mol. The third-order valence-corrected chi connectivity index (χ3v) is 23.9. The summed E-state index contributed by atoms with van der Waals surface area (Å²) >= 11 is 0. The molecule has 21 aromatic rings. The number of halogens is 4. The largest absolute Gasteiger partial charge is 0.366 e. The molecule has 142 heavy (non-hydrogen) atoms. The average Bonchev–Trinajstić information content (AvgIpc) is 1.64. The van der Waals surface area contributed by atoms with Crippen molar-refractivity contribution in [2.24, 2.45) is 0 Å². The molecule has 24 rings (SSSR count). The van der Waals surface area contributed by atoms with E-state index in [1.165, 1.54) is 131 Å². The van der Waals surface area contributed by atoms with Gasteiger partial charge in [-0.2, -0.15) is 57.0 Å². The first-order valence-electron chi connectivity index (χ1n) is 46.9. The highest BCUT2D eigenvalue weighted by atomic mass is 19.3. The SMILES string of the molecule is Cc1cc(NC2Cc3ccccc3C2)n2ncnc2n1.Cc1cc(Nc2ccc(C)c(F)c2)n2ccnc2n1.Cc1cc(Nc2ccc3c(c2)CCC3)n2ccnc2n1.Cc1cc(Nc2ccc3c(c2)CCCC3)n2ccnc2n1.Cc1ccc(Nc2cc(C)nc3nc(C(C)(C)F)nn23)cc1.Cc1ccc(Nc2cc(C)nc3nc(C(C)(F)F)nn23)cc1.Cc1ccc(Nc2cc(C)nc3ncnn23)cc1. The summed E-state index contributed by atoms with van der Waals surface area (Å²) in [5.41, 5.74) is 23.2. The van der Waals surface area contributed by atoms with Crippen LogP contribution in [0.1, 0.15) is 147 Å². The lowest BCUT2D eigenvalue weighted by Gasteiger charge is -2.17. The minimum absolute atomic E-state index is 0.123. The fourth-order valence-electron chi connectivity index (χ4n) is 16.8. The summed E-state index contributed by atoms with van der Waals surface area (Å²) in [6, 6.07) is 64.9. The number of aryl methyl sites for hydroxylation is 15. The van der Waals surface area contributed by atoms with Crippen LogP contribution in [0.15, 0.2) is 244 Å². The molecule has 14 aromatic heterocycles. The van der Waals surface area contributed by atoms with Gasteiger partial charge in [0.05, 0.1) is 0 Å². The standard InChI is InChI=1S/C17H18N4.C16H18FN5.C16H16N4.C15H15F2N5.C15H15N5.C14H13FN4.C13H13N5/c1-12-10-16(21-9-8-18-17(21)19-12)20-15-7-6-13-4-2-3-5-14(13)11-15;1-10-5-7-12(8-6-10)19-13-9-11(2)18-15-20-14(16(3,4)17)21-22(13)15;1-11-9-15(20-8-7-17-16(20)18-11)19-14-6-5-12-3-2-4-13(12)10-14;1-9-4-6-11(7-5-9)19-12-8-10(2)18-14-20-13(15(3,16)17)21-22(12)14;1-10-6-14(20-15(18-10)16-9-17-20)19-13-7-11-4-2-3-5-12(11)8-13;1-9-3-4-11(8-12(9)15)18-13-7-10(2)17-14-16-5-6-19(13)14;1-9-3-5-11(6-4-9)17-12-7-10(2)16-13-14-8-15-18(12)13/h6-11,20H,2-5H2,1H3;5-9,19H,1-4H3;5-10,19H,2-4H2,1H3;4-8,19H,1-3H3;2-6,9,13,19H,7-8H2,1H3;3-8,18H,1-2H3;3-8,17H,1-2H3. The third-order valence-electron chi connectivity index (χ3n) is 23.9. The van der Waals surface area contributed by atoms with E-state index in [1.807, 2.05) is 190 Å². The van der Waals surface area contributed by atoms with E-state index in [-0.39, 0.29) is 17.4 Å². The summed E-state index contributed by atoms with van der Waals surface area (Å²) in [7, 11) is 0. The van der Waals surface area contributed by atoms with Crippen molar-refractivity contribution >= 4 is 115 Å². The van der Waals surface area contributed by atoms with Gasteiger partial charge in [0.25, 0.3) is 23.1 Å². The van der Waals surface area contributed by atoms with Crippen molar-refractivity contribution in [3.05, 3.63) is 357 Å². The third kappa shape index (κ3) is 23.0. The summed E-state index contributed by atoms with van der Waals surface area (Å²) in [4.78, 5) is 59.2. The summed E-state index contributed by atoms with van der Waals surface area (Å²) in [5.74, 6) is 5.98. The molecule has 0 bridgehead atoms. The number of hydrogen-bond donors (Lipinski definition) is 7. The highest BCUT2D eigenvalue weighted by Crippen LogP contribution is 2.34. The minimum Gasteiger partial charge on any atom is -0.366 e. The Kier molecular flexibility index (Phi) is 27.7. The predicted molar refractivity (Wildman–Crippen MR) is 546 cm³/mol. The maximum absolute atomic E-state index is 14.1. The van der Waals surface area contributed by atoms with Crippen LogP contribution in [0.2, 0.25) is 0 Å². The molecule has 3 aliphatic carbocycles. The molecule has 0 spiro atoms. The van der Waals surface area contributed by atoms with E-state index < -0.39 is 17.4 Å². The number of nitrogens with zero attached hydrogens (tertiary/aromatic N) is 25. The zero-order chi connectivity index (χ0) is 99.0. The zero-order valence-electron chi connectivity index (χ0n) is 81.2. The van der Waals surface area contributed by atoms with Crippen molar-refractivity contribution in [2.75, 3.05) is 37.2 Å². The minimum atomic E-state index is -3.11. The molecule has 0 saturated heterocycles. The monoisotopic (exact) mass is 1900 g/mol. The first-order chi connectivity index (χ1) is 68.4. The molecule has 7 N–H and O–H groups in total. The van der Waals surface area contributed by atoms with E-state index in [2.05, 4.69) is 207 Å². The van der Waals surface area contributed by atoms with Crippen LogP contribution in [0.3, 0.4) is 0 Å². The number of nitrogens with one attached hydrogen (secondary N) is 7. The molecule has 0 unspecified atom stereocenters. The summed E-state index contributed by atoms with van der Waals surface area (Å²) in [5, 5.41) is 40.0. The second-order valence-electron chi connectivity index (χ2n) is 36.2. The number of aromatic nitrogens is 25. The normalized spacial score (nSPS) is 12.6. The summed E-state index contributed by atoms with van der Waals surface area (Å²) < 4.78 is 66.5. The molecule has 32 nitrogen and oxygen atoms in total. The Balaban J connectivity index is 0.000000109. The van der Waals surface area contributed by atoms with E-state index in [0.29, 0.717) is 57.7 Å². The van der Waals surface area contributed by atoms with Crippen molar-refractivity contribution in [2.45, 2.75) is 172 Å². The van der Waals surface area contributed by atoms with Gasteiger partial charge in [-0.1, -0.05) is 95.6 Å². The Hall–Kier alpha value is -17.1. The highest BCUT2D eigenvalue weighted by Gasteiger charge is 2.32. The fraction of sp³-hybridized carbons (Fsp3) is 0.245. The Morgan fingerprint density at radius 3 is 1.05 bits per heavy atom. The molecule has 0 aliphatic heterocycles. The molecule has 3 aliphatic rings. The lowest BCUT2D eigenvalue weighted by atomic mass is 9.91. The van der Waals surface area contributed by atoms with Crippen LogP contribution in [-0.2, 0) is 50.1 Å². The Labute approximate surface area is 816 Å². The van der Waals surface area contributed by atoms with Crippen LogP contribution < -0.4 is 37.2 Å². The number of anilines is 13. The number of alkyl halides is 3. The van der Waals surface area contributed by atoms with Gasteiger partial charge < -0.3 is 37.2 Å². The molecular weight excluding hydrogens is 1800 g/mol. The van der Waals surface area contributed by atoms with Gasteiger partial charge in [-0.3, -0.25) is 13.2 Å². The lowest BCUT2D eigenvalue weighted by molar-refractivity contribution is 0.00799. The van der Waals surface area contributed by atoms with Crippen molar-refractivity contribution in [1.29, 1.82) is 0 Å². The van der Waals surface area contributed by atoms with E-state index >= 15 is 0 Å². The fourth-order valence-corrected chi connectivity index (χ4v) is 16.8. The molecule has 36 heteroatoms. The molecule has 0 saturated carbocycles. The van der Waals surface area contributed by atoms with Gasteiger partial charge >= 0.3 is 5.92 Å². The van der Waals surface area contributed by atoms with Gasteiger partial charge in [0.1, 0.15) is 59.2 Å². The van der Waals surface area contributed by atoms with E-state index in [0.717, 1.165) is 129 Å². The number of imidazole rings is 3. The molecule has 0 amide bonds. The molecule has 0 radical (unpaired) electrons. The maximum Gasteiger partial charge on any atom is 0.305 e. The molecule has 0 fully saturated rings. The second kappa shape index (κ2) is 41.3. The maximum atomic E-state index is 14.1. The van der Waals surface area contributed by atoms with Crippen molar-refractivity contribution in [3.8, 4) is 0 Å². The molecule has 7 aromatic carbocycles. The first kappa shape index (κ1) is 95.2. The molecule has 0 atom stereocenters. The number of fused-ring (bicyclic) bond motifs is 10. The van der Waals surface area contributed by atoms with E-state index in [1.54, 1.807) is 53.6 Å². The predicted octanol–water partition coefficient (Wildman–Crippen LogP) is 21.9. The van der Waals surface area contributed by atoms with Crippen LogP contribution >= 0.6 is 0 Å². The quantitative estimate of drug-likeness (QED) is 0.0442. The zero-order valence-corrected chi connectivity index (χ0v) is 81.2. The van der Waals surface area contributed by atoms with Crippen LogP contribution in [0.4, 0.5) is 92.4 Å². The van der Waals surface area contributed by atoms with E-state index in [9.17, 15) is 17.6 Å². The van der Waals surface area contributed by atoms with Crippen molar-refractivity contribution in [3.63, 3.8) is 0 Å². The topological polar surface area (TPSA) is 347 Å². The van der Waals surface area contributed by atoms with Gasteiger partial charge in [0.2, 0.25) is 23.2 Å². The Morgan fingerprint density at radius 1 is 0.303 bits per heavy atom. The van der Waals surface area contributed by atoms with Crippen LogP contribution in [-0.4, -0.2) is 127 Å². The van der Waals surface area contributed by atoms with Gasteiger partial charge in [-0.15, -0.1) is 10.2 Å². The van der Waals surface area contributed by atoms with Gasteiger partial charge in [-0.05, 0) is 260 Å². The number of benzene rings is 7. The number of hydrogen-bond acceptors (Lipinski definition) is 25. The Morgan fingerprint density at radius 2 is 0.634 bits per heavy atom. The number of rotatable bonds is 16. The molecule has 14 heterocycles. The summed E-state index contributed by atoms with van der Waals surface area (Å²) in [6.45, 7) is 24.9. The Bertz CT molecular complexity index is 7920. The van der Waals surface area contributed by atoms with Gasteiger partial charge in [0, 0.05) is 167 Å². The lowest BCUT2D eigenvalue weighted by Crippen LogP contribution is -2.21.